The summed E-state index contributed by atoms with van der Waals surface area (Å²) in [6.45, 7) is 4.12. The summed E-state index contributed by atoms with van der Waals surface area (Å²) < 4.78 is 21.2. The number of aliphatic hydroxyl groups is 1. The largest absolute Gasteiger partial charge is 0.389 e. The maximum Gasteiger partial charge on any atom is 0.295 e. The second-order valence-corrected chi connectivity index (χ2v) is 9.99. The quantitative estimate of drug-likeness (QED) is 0.267. The first-order valence-corrected chi connectivity index (χ1v) is 12.7. The lowest BCUT2D eigenvalue weighted by Crippen LogP contribution is -2.41. The topological polar surface area (TPSA) is 128 Å². The van der Waals surface area contributed by atoms with Gasteiger partial charge in [-0.2, -0.15) is 5.01 Å². The number of aromatic nitrogens is 4. The molecule has 1 unspecified atom stereocenters. The van der Waals surface area contributed by atoms with Gasteiger partial charge in [0.1, 0.15) is 12.1 Å². The molecule has 0 bridgehead atoms. The third-order valence-corrected chi connectivity index (χ3v) is 7.23. The summed E-state index contributed by atoms with van der Waals surface area (Å²) in [5.74, 6) is -0.290. The summed E-state index contributed by atoms with van der Waals surface area (Å²) >= 11 is 1.43. The Morgan fingerprint density at radius 3 is 2.66 bits per heavy atom. The molecule has 0 spiro atoms. The molecule has 3 aromatic heterocycles. The molecule has 1 fully saturated rings. The number of anilines is 1. The second-order valence-electron chi connectivity index (χ2n) is 8.85. The number of rotatable bonds is 7. The summed E-state index contributed by atoms with van der Waals surface area (Å²) in [6.07, 6.45) is 3.17. The Kier molecular flexibility index (Phi) is 7.53. The molecule has 1 saturated heterocycles. The van der Waals surface area contributed by atoms with Crippen molar-refractivity contribution in [1.29, 1.82) is 0 Å². The number of hydroxylamine groups is 1. The van der Waals surface area contributed by atoms with E-state index in [0.29, 0.717) is 48.4 Å². The first-order chi connectivity index (χ1) is 18.3. The molecular formula is C25H26FN7O4S. The van der Waals surface area contributed by atoms with E-state index in [0.717, 1.165) is 9.58 Å². The second kappa shape index (κ2) is 11.0. The number of hydrogen-bond acceptors (Lipinski definition) is 11. The number of fused-ring (bicyclic) bond motifs is 1. The maximum atomic E-state index is 14.9. The highest BCUT2D eigenvalue weighted by molar-refractivity contribution is 7.19. The van der Waals surface area contributed by atoms with Gasteiger partial charge in [-0.05, 0) is 30.7 Å². The number of aliphatic hydroxyl groups excluding tert-OH is 1. The van der Waals surface area contributed by atoms with Crippen LogP contribution in [0.5, 0.6) is 0 Å². The Bertz CT molecular complexity index is 1450. The van der Waals surface area contributed by atoms with Crippen molar-refractivity contribution in [2.45, 2.75) is 19.6 Å². The minimum atomic E-state index is -0.772. The van der Waals surface area contributed by atoms with E-state index in [1.54, 1.807) is 20.0 Å². The molecule has 38 heavy (non-hydrogen) atoms. The average Bonchev–Trinajstić information content (AvgIpc) is 3.35. The van der Waals surface area contributed by atoms with Gasteiger partial charge in [-0.15, -0.1) is 16.5 Å². The number of morpholine rings is 1. The number of benzene rings is 1. The molecule has 13 heteroatoms. The number of carbonyl (C=O) groups excluding carboxylic acids is 1. The lowest BCUT2D eigenvalue weighted by molar-refractivity contribution is -0.195. The van der Waals surface area contributed by atoms with Gasteiger partial charge in [0.2, 0.25) is 0 Å². The molecule has 1 aliphatic heterocycles. The molecule has 1 aromatic carbocycles. The third-order valence-electron chi connectivity index (χ3n) is 6.13. The SMILES string of the molecule is CC(O)c1ccc(F)c(-c2nc(N3CCOCC3)c3sc(CN(C)N(O)C(=O)c4cncnc4)cc3n2)c1. The van der Waals surface area contributed by atoms with Crippen LogP contribution in [0.2, 0.25) is 0 Å². The van der Waals surface area contributed by atoms with Crippen LogP contribution in [0.1, 0.15) is 33.8 Å². The van der Waals surface area contributed by atoms with Crippen molar-refractivity contribution < 1.29 is 24.2 Å². The summed E-state index contributed by atoms with van der Waals surface area (Å²) in [7, 11) is 1.57. The smallest absolute Gasteiger partial charge is 0.295 e. The third kappa shape index (κ3) is 5.33. The Hall–Kier alpha value is -3.62. The molecular weight excluding hydrogens is 513 g/mol. The molecule has 0 radical (unpaired) electrons. The number of halogens is 1. The summed E-state index contributed by atoms with van der Waals surface area (Å²) in [5, 5.41) is 22.4. The molecule has 2 N–H and O–H groups in total. The fraction of sp³-hybridized carbons (Fsp3) is 0.320. The van der Waals surface area contributed by atoms with Crippen LogP contribution in [0.25, 0.3) is 21.6 Å². The Morgan fingerprint density at radius 2 is 1.95 bits per heavy atom. The van der Waals surface area contributed by atoms with Crippen molar-refractivity contribution in [2.75, 3.05) is 38.3 Å². The van der Waals surface area contributed by atoms with E-state index >= 15 is 0 Å². The Morgan fingerprint density at radius 1 is 1.21 bits per heavy atom. The van der Waals surface area contributed by atoms with Crippen molar-refractivity contribution in [3.8, 4) is 11.4 Å². The lowest BCUT2D eigenvalue weighted by Gasteiger charge is -2.28. The van der Waals surface area contributed by atoms with Crippen molar-refractivity contribution >= 4 is 33.3 Å². The van der Waals surface area contributed by atoms with Crippen LogP contribution in [0.3, 0.4) is 0 Å². The van der Waals surface area contributed by atoms with Crippen LogP contribution < -0.4 is 4.90 Å². The fourth-order valence-electron chi connectivity index (χ4n) is 4.10. The van der Waals surface area contributed by atoms with Gasteiger partial charge in [-0.3, -0.25) is 10.0 Å². The first kappa shape index (κ1) is 26.0. The molecule has 11 nitrogen and oxygen atoms in total. The number of hydrogen-bond donors (Lipinski definition) is 2. The lowest BCUT2D eigenvalue weighted by atomic mass is 10.1. The molecule has 0 aliphatic carbocycles. The Balaban J connectivity index is 1.51. The van der Waals surface area contributed by atoms with Gasteiger partial charge in [-0.25, -0.2) is 24.3 Å². The first-order valence-electron chi connectivity index (χ1n) is 11.9. The van der Waals surface area contributed by atoms with Crippen LogP contribution in [0, 0.1) is 5.82 Å². The monoisotopic (exact) mass is 539 g/mol. The molecule has 0 saturated carbocycles. The fourth-order valence-corrected chi connectivity index (χ4v) is 5.26. The number of hydrazine groups is 1. The van der Waals surface area contributed by atoms with Gasteiger partial charge in [0.05, 0.1) is 47.2 Å². The number of amides is 1. The zero-order chi connectivity index (χ0) is 26.8. The van der Waals surface area contributed by atoms with Crippen LogP contribution in [0.4, 0.5) is 10.2 Å². The molecule has 1 aliphatic rings. The number of carbonyl (C=O) groups is 1. The highest BCUT2D eigenvalue weighted by Gasteiger charge is 2.24. The Labute approximate surface area is 221 Å². The van der Waals surface area contributed by atoms with E-state index in [1.807, 2.05) is 6.07 Å². The maximum absolute atomic E-state index is 14.9. The van der Waals surface area contributed by atoms with Crippen LogP contribution in [-0.2, 0) is 11.3 Å². The van der Waals surface area contributed by atoms with Crippen molar-refractivity contribution in [3.63, 3.8) is 0 Å². The van der Waals surface area contributed by atoms with E-state index in [9.17, 15) is 19.5 Å². The standard InChI is InChI=1S/C25H26FN7O4S/c1-15(34)16-3-4-20(26)19(9-16)23-29-21-10-18(38-22(21)24(30-23)32-5-7-37-8-6-32)13-31(2)33(36)25(35)17-11-27-14-28-12-17/h3-4,9-12,14-15,34,36H,5-8,13H2,1-2H3. The normalized spacial score (nSPS) is 14.7. The molecule has 1 atom stereocenters. The predicted octanol–water partition coefficient (Wildman–Crippen LogP) is 3.06. The van der Waals surface area contributed by atoms with Gasteiger partial charge in [-0.1, -0.05) is 6.07 Å². The van der Waals surface area contributed by atoms with Crippen LogP contribution >= 0.6 is 11.3 Å². The van der Waals surface area contributed by atoms with Gasteiger partial charge in [0, 0.05) is 37.4 Å². The van der Waals surface area contributed by atoms with E-state index in [2.05, 4.69) is 19.9 Å². The summed E-state index contributed by atoms with van der Waals surface area (Å²) in [5.41, 5.74) is 1.51. The zero-order valence-electron chi connectivity index (χ0n) is 20.8. The minimum absolute atomic E-state index is 0.143. The van der Waals surface area contributed by atoms with Gasteiger partial charge in [0.15, 0.2) is 11.6 Å². The van der Waals surface area contributed by atoms with Crippen molar-refractivity contribution in [1.82, 2.24) is 30.1 Å². The van der Waals surface area contributed by atoms with E-state index in [-0.39, 0.29) is 23.5 Å². The van der Waals surface area contributed by atoms with Gasteiger partial charge in [0.25, 0.3) is 5.91 Å². The molecule has 4 aromatic rings. The molecule has 4 heterocycles. The molecule has 5 rings (SSSR count). The van der Waals surface area contributed by atoms with Crippen LogP contribution in [0.15, 0.2) is 43.0 Å². The molecule has 1 amide bonds. The van der Waals surface area contributed by atoms with Gasteiger partial charge >= 0.3 is 0 Å². The summed E-state index contributed by atoms with van der Waals surface area (Å²) in [4.78, 5) is 32.5. The predicted molar refractivity (Wildman–Crippen MR) is 138 cm³/mol. The van der Waals surface area contributed by atoms with Crippen molar-refractivity contribution in [3.05, 3.63) is 64.8 Å². The summed E-state index contributed by atoms with van der Waals surface area (Å²) in [6, 6.07) is 6.24. The van der Waals surface area contributed by atoms with E-state index < -0.39 is 17.8 Å². The minimum Gasteiger partial charge on any atom is -0.389 e. The molecule has 198 valence electrons. The zero-order valence-corrected chi connectivity index (χ0v) is 21.6. The number of ether oxygens (including phenoxy) is 1. The van der Waals surface area contributed by atoms with Gasteiger partial charge < -0.3 is 14.7 Å². The number of nitrogens with zero attached hydrogens (tertiary/aromatic N) is 7. The van der Waals surface area contributed by atoms with E-state index in [1.165, 1.54) is 47.2 Å². The number of thiophene rings is 1. The average molecular weight is 540 g/mol. The highest BCUT2D eigenvalue weighted by atomic mass is 32.1. The van der Waals surface area contributed by atoms with Crippen molar-refractivity contribution in [2.24, 2.45) is 0 Å². The van der Waals surface area contributed by atoms with Crippen LogP contribution in [-0.4, -0.2) is 79.7 Å². The van der Waals surface area contributed by atoms with E-state index in [4.69, 9.17) is 9.72 Å². The highest BCUT2D eigenvalue weighted by Crippen LogP contribution is 2.36.